The SMILES string of the molecule is CCOc1ccc(CN(C)C(=O)C2CCCN2C(=O)c2ccc([N+](=O)[O-])c(C)c2)cc1. The van der Waals surface area contributed by atoms with Gasteiger partial charge in [-0.25, -0.2) is 0 Å². The van der Waals surface area contributed by atoms with Gasteiger partial charge in [0.15, 0.2) is 0 Å². The molecule has 2 aromatic carbocycles. The number of rotatable bonds is 7. The Kier molecular flexibility index (Phi) is 6.89. The highest BCUT2D eigenvalue weighted by Gasteiger charge is 2.36. The molecule has 0 bridgehead atoms. The van der Waals surface area contributed by atoms with Gasteiger partial charge in [0, 0.05) is 37.3 Å². The molecule has 3 rings (SSSR count). The molecule has 1 aliphatic rings. The molecular weight excluding hydrogens is 398 g/mol. The van der Waals surface area contributed by atoms with E-state index in [9.17, 15) is 19.7 Å². The molecule has 31 heavy (non-hydrogen) atoms. The third-order valence-corrected chi connectivity index (χ3v) is 5.47. The van der Waals surface area contributed by atoms with Crippen molar-refractivity contribution < 1.29 is 19.2 Å². The summed E-state index contributed by atoms with van der Waals surface area (Å²) >= 11 is 0. The van der Waals surface area contributed by atoms with Crippen molar-refractivity contribution in [2.45, 2.75) is 39.3 Å². The minimum atomic E-state index is -0.532. The Bertz CT molecular complexity index is 974. The minimum Gasteiger partial charge on any atom is -0.494 e. The van der Waals surface area contributed by atoms with E-state index < -0.39 is 11.0 Å². The molecule has 1 fully saturated rings. The van der Waals surface area contributed by atoms with Crippen LogP contribution in [0.5, 0.6) is 5.75 Å². The van der Waals surface area contributed by atoms with Gasteiger partial charge in [-0.1, -0.05) is 12.1 Å². The zero-order valence-corrected chi connectivity index (χ0v) is 18.0. The van der Waals surface area contributed by atoms with Gasteiger partial charge in [0.25, 0.3) is 11.6 Å². The molecular formula is C23H27N3O5. The standard InChI is InChI=1S/C23H27N3O5/c1-4-31-19-10-7-17(8-11-19)15-24(3)23(28)21-6-5-13-25(21)22(27)18-9-12-20(26(29)30)16(2)14-18/h7-12,14,21H,4-6,13,15H2,1-3H3. The lowest BCUT2D eigenvalue weighted by Crippen LogP contribution is -2.46. The molecule has 8 heteroatoms. The predicted molar refractivity (Wildman–Crippen MR) is 116 cm³/mol. The Morgan fingerprint density at radius 1 is 1.23 bits per heavy atom. The van der Waals surface area contributed by atoms with Crippen LogP contribution in [0.15, 0.2) is 42.5 Å². The van der Waals surface area contributed by atoms with Gasteiger partial charge in [-0.05, 0) is 56.5 Å². The van der Waals surface area contributed by atoms with Crippen LogP contribution in [-0.2, 0) is 11.3 Å². The van der Waals surface area contributed by atoms with Crippen LogP contribution in [-0.4, -0.2) is 52.8 Å². The first kappa shape index (κ1) is 22.3. The number of hydrogen-bond donors (Lipinski definition) is 0. The number of likely N-dealkylation sites (tertiary alicyclic amines) is 1. The number of likely N-dealkylation sites (N-methyl/N-ethyl adjacent to an activating group) is 1. The van der Waals surface area contributed by atoms with Crippen molar-refractivity contribution in [3.05, 3.63) is 69.3 Å². The molecule has 0 aliphatic carbocycles. The lowest BCUT2D eigenvalue weighted by molar-refractivity contribution is -0.385. The summed E-state index contributed by atoms with van der Waals surface area (Å²) in [4.78, 5) is 39.9. The Hall–Kier alpha value is -3.42. The van der Waals surface area contributed by atoms with E-state index in [0.29, 0.717) is 37.2 Å². The van der Waals surface area contributed by atoms with Crippen molar-refractivity contribution in [2.75, 3.05) is 20.2 Å². The second-order valence-electron chi connectivity index (χ2n) is 7.69. The molecule has 8 nitrogen and oxygen atoms in total. The molecule has 0 aromatic heterocycles. The summed E-state index contributed by atoms with van der Waals surface area (Å²) in [5, 5.41) is 11.0. The van der Waals surface area contributed by atoms with E-state index in [1.807, 2.05) is 31.2 Å². The highest BCUT2D eigenvalue weighted by molar-refractivity contribution is 5.98. The zero-order valence-electron chi connectivity index (χ0n) is 18.0. The maximum Gasteiger partial charge on any atom is 0.272 e. The number of aryl methyl sites for hydroxylation is 1. The fraction of sp³-hybridized carbons (Fsp3) is 0.391. The van der Waals surface area contributed by atoms with Gasteiger partial charge in [-0.15, -0.1) is 0 Å². The lowest BCUT2D eigenvalue weighted by Gasteiger charge is -2.28. The molecule has 0 spiro atoms. The van der Waals surface area contributed by atoms with Crippen LogP contribution in [0.3, 0.4) is 0 Å². The zero-order chi connectivity index (χ0) is 22.5. The van der Waals surface area contributed by atoms with Crippen LogP contribution < -0.4 is 4.74 Å². The number of nitro benzene ring substituents is 1. The van der Waals surface area contributed by atoms with Gasteiger partial charge in [0.1, 0.15) is 11.8 Å². The molecule has 1 heterocycles. The van der Waals surface area contributed by atoms with Crippen LogP contribution in [0, 0.1) is 17.0 Å². The third kappa shape index (κ3) is 5.02. The largest absolute Gasteiger partial charge is 0.494 e. The van der Waals surface area contributed by atoms with Crippen LogP contribution in [0.2, 0.25) is 0 Å². The quantitative estimate of drug-likeness (QED) is 0.499. The van der Waals surface area contributed by atoms with E-state index in [1.165, 1.54) is 18.2 Å². The Morgan fingerprint density at radius 2 is 1.94 bits per heavy atom. The van der Waals surface area contributed by atoms with Crippen molar-refractivity contribution in [1.82, 2.24) is 9.80 Å². The average molecular weight is 425 g/mol. The van der Waals surface area contributed by atoms with E-state index in [1.54, 1.807) is 23.8 Å². The Labute approximate surface area is 181 Å². The summed E-state index contributed by atoms with van der Waals surface area (Å²) in [5.74, 6) is 0.396. The van der Waals surface area contributed by atoms with E-state index in [0.717, 1.165) is 17.7 Å². The average Bonchev–Trinajstić information content (AvgIpc) is 3.23. The van der Waals surface area contributed by atoms with Crippen LogP contribution in [0.4, 0.5) is 5.69 Å². The minimum absolute atomic E-state index is 0.0271. The smallest absolute Gasteiger partial charge is 0.272 e. The van der Waals surface area contributed by atoms with Crippen LogP contribution in [0.25, 0.3) is 0 Å². The molecule has 2 amide bonds. The molecule has 0 saturated carbocycles. The monoisotopic (exact) mass is 425 g/mol. The number of nitrogens with zero attached hydrogens (tertiary/aromatic N) is 3. The van der Waals surface area contributed by atoms with Gasteiger partial charge in [0.2, 0.25) is 5.91 Å². The fourth-order valence-electron chi connectivity index (χ4n) is 3.89. The normalized spacial score (nSPS) is 15.6. The van der Waals surface area contributed by atoms with Crippen LogP contribution >= 0.6 is 0 Å². The van der Waals surface area contributed by atoms with E-state index in [2.05, 4.69) is 0 Å². The number of nitro groups is 1. The number of amides is 2. The van der Waals surface area contributed by atoms with E-state index in [4.69, 9.17) is 4.74 Å². The van der Waals surface area contributed by atoms with Crippen molar-refractivity contribution in [1.29, 1.82) is 0 Å². The van der Waals surface area contributed by atoms with Gasteiger partial charge >= 0.3 is 0 Å². The van der Waals surface area contributed by atoms with Crippen molar-refractivity contribution >= 4 is 17.5 Å². The molecule has 164 valence electrons. The Balaban J connectivity index is 1.70. The molecule has 1 aliphatic heterocycles. The lowest BCUT2D eigenvalue weighted by atomic mass is 10.1. The second kappa shape index (κ2) is 9.59. The molecule has 1 saturated heterocycles. The fourth-order valence-corrected chi connectivity index (χ4v) is 3.89. The van der Waals surface area contributed by atoms with Crippen molar-refractivity contribution in [2.24, 2.45) is 0 Å². The third-order valence-electron chi connectivity index (χ3n) is 5.47. The first-order valence-electron chi connectivity index (χ1n) is 10.3. The van der Waals surface area contributed by atoms with E-state index in [-0.39, 0.29) is 17.5 Å². The molecule has 2 aromatic rings. The first-order valence-corrected chi connectivity index (χ1v) is 10.3. The maximum atomic E-state index is 13.1. The molecule has 1 atom stereocenters. The second-order valence-corrected chi connectivity index (χ2v) is 7.69. The summed E-state index contributed by atoms with van der Waals surface area (Å²) in [7, 11) is 1.73. The van der Waals surface area contributed by atoms with Crippen molar-refractivity contribution in [3.8, 4) is 5.75 Å². The molecule has 0 N–H and O–H groups in total. The molecule has 0 radical (unpaired) electrons. The number of ether oxygens (including phenoxy) is 1. The number of benzene rings is 2. The topological polar surface area (TPSA) is 93.0 Å². The first-order chi connectivity index (χ1) is 14.8. The van der Waals surface area contributed by atoms with Crippen LogP contribution in [0.1, 0.15) is 41.3 Å². The highest BCUT2D eigenvalue weighted by Crippen LogP contribution is 2.25. The van der Waals surface area contributed by atoms with Crippen molar-refractivity contribution in [3.63, 3.8) is 0 Å². The van der Waals surface area contributed by atoms with Gasteiger partial charge in [0.05, 0.1) is 11.5 Å². The number of hydrogen-bond acceptors (Lipinski definition) is 5. The van der Waals surface area contributed by atoms with E-state index >= 15 is 0 Å². The summed E-state index contributed by atoms with van der Waals surface area (Å²) in [6.45, 7) is 5.04. The summed E-state index contributed by atoms with van der Waals surface area (Å²) < 4.78 is 5.44. The van der Waals surface area contributed by atoms with Gasteiger partial charge in [-0.2, -0.15) is 0 Å². The highest BCUT2D eigenvalue weighted by atomic mass is 16.6. The summed E-state index contributed by atoms with van der Waals surface area (Å²) in [6, 6.07) is 11.4. The number of carbonyl (C=O) groups is 2. The van der Waals surface area contributed by atoms with Gasteiger partial charge in [-0.3, -0.25) is 19.7 Å². The molecule has 1 unspecified atom stereocenters. The van der Waals surface area contributed by atoms with Gasteiger partial charge < -0.3 is 14.5 Å². The summed E-state index contributed by atoms with van der Waals surface area (Å²) in [5.41, 5.74) is 1.73. The summed E-state index contributed by atoms with van der Waals surface area (Å²) in [6.07, 6.45) is 1.34. The predicted octanol–water partition coefficient (Wildman–Crippen LogP) is 3.57. The Morgan fingerprint density at radius 3 is 2.55 bits per heavy atom. The number of carbonyl (C=O) groups excluding carboxylic acids is 2. The maximum absolute atomic E-state index is 13.1.